The highest BCUT2D eigenvalue weighted by Crippen LogP contribution is 2.33. The van der Waals surface area contributed by atoms with Gasteiger partial charge in [0.05, 0.1) is 19.1 Å². The largest absolute Gasteiger partial charge is 0.481 e. The van der Waals surface area contributed by atoms with Gasteiger partial charge < -0.3 is 9.84 Å². The van der Waals surface area contributed by atoms with Crippen LogP contribution in [-0.2, 0) is 9.53 Å². The molecule has 106 valence electrons. The molecule has 2 rings (SSSR count). The Bertz CT molecular complexity index is 405. The third-order valence-corrected chi connectivity index (χ3v) is 4.38. The second-order valence-electron chi connectivity index (χ2n) is 5.29. The molecule has 1 aliphatic heterocycles. The number of ether oxygens (including phenoxy) is 1. The molecule has 4 nitrogen and oxygen atoms in total. The molecule has 0 saturated carbocycles. The van der Waals surface area contributed by atoms with E-state index < -0.39 is 5.97 Å². The van der Waals surface area contributed by atoms with Crippen LogP contribution in [0.2, 0.25) is 0 Å². The maximum atomic E-state index is 10.8. The second kappa shape index (κ2) is 6.50. The molecule has 0 amide bonds. The Morgan fingerprint density at radius 2 is 2.42 bits per heavy atom. The normalized spacial score (nSPS) is 22.6. The van der Waals surface area contributed by atoms with E-state index >= 15 is 0 Å². The predicted molar refractivity (Wildman–Crippen MR) is 75.5 cm³/mol. The number of carboxylic acids is 1. The Morgan fingerprint density at radius 3 is 3.00 bits per heavy atom. The molecular weight excluding hydrogens is 262 g/mol. The number of hydrogen-bond donors (Lipinski definition) is 1. The Morgan fingerprint density at radius 1 is 1.63 bits per heavy atom. The SMILES string of the molecule is CC(C)C(c1cccs1)N1CCOC(CC(=O)O)C1. The molecular formula is C14H21NO3S. The van der Waals surface area contributed by atoms with E-state index in [1.165, 1.54) is 4.88 Å². The van der Waals surface area contributed by atoms with E-state index in [9.17, 15) is 4.79 Å². The highest BCUT2D eigenvalue weighted by molar-refractivity contribution is 7.10. The van der Waals surface area contributed by atoms with Gasteiger partial charge in [-0.2, -0.15) is 0 Å². The summed E-state index contributed by atoms with van der Waals surface area (Å²) in [6.45, 7) is 6.62. The summed E-state index contributed by atoms with van der Waals surface area (Å²) in [5.41, 5.74) is 0. The monoisotopic (exact) mass is 283 g/mol. The van der Waals surface area contributed by atoms with Gasteiger partial charge >= 0.3 is 5.97 Å². The van der Waals surface area contributed by atoms with Crippen molar-refractivity contribution >= 4 is 17.3 Å². The summed E-state index contributed by atoms with van der Waals surface area (Å²) in [6, 6.07) is 4.60. The van der Waals surface area contributed by atoms with Crippen LogP contribution in [0, 0.1) is 5.92 Å². The standard InChI is InChI=1S/C14H21NO3S/c1-10(2)14(12-4-3-7-19-12)15-5-6-18-11(9-15)8-13(16)17/h3-4,7,10-11,14H,5-6,8-9H2,1-2H3,(H,16,17). The quantitative estimate of drug-likeness (QED) is 0.902. The van der Waals surface area contributed by atoms with E-state index in [4.69, 9.17) is 9.84 Å². The minimum absolute atomic E-state index is 0.0890. The third kappa shape index (κ3) is 3.78. The highest BCUT2D eigenvalue weighted by Gasteiger charge is 2.30. The Kier molecular flexibility index (Phi) is 4.96. The van der Waals surface area contributed by atoms with E-state index in [1.807, 2.05) is 0 Å². The number of morpholine rings is 1. The van der Waals surface area contributed by atoms with Crippen LogP contribution in [0.15, 0.2) is 17.5 Å². The van der Waals surface area contributed by atoms with Gasteiger partial charge in [0.15, 0.2) is 0 Å². The number of nitrogens with zero attached hydrogens (tertiary/aromatic N) is 1. The van der Waals surface area contributed by atoms with E-state index in [0.29, 0.717) is 25.1 Å². The zero-order valence-electron chi connectivity index (χ0n) is 11.4. The van der Waals surface area contributed by atoms with Gasteiger partial charge in [-0.25, -0.2) is 0 Å². The van der Waals surface area contributed by atoms with E-state index in [0.717, 1.165) is 6.54 Å². The van der Waals surface area contributed by atoms with Crippen molar-refractivity contribution in [1.29, 1.82) is 0 Å². The average molecular weight is 283 g/mol. The van der Waals surface area contributed by atoms with Gasteiger partial charge in [0.25, 0.3) is 0 Å². The zero-order valence-corrected chi connectivity index (χ0v) is 12.2. The summed E-state index contributed by atoms with van der Waals surface area (Å²) in [4.78, 5) is 14.5. The number of carbonyl (C=O) groups is 1. The molecule has 0 aromatic carbocycles. The molecule has 0 bridgehead atoms. The lowest BCUT2D eigenvalue weighted by Gasteiger charge is -2.39. The minimum Gasteiger partial charge on any atom is -0.481 e. The van der Waals surface area contributed by atoms with Crippen molar-refractivity contribution in [2.24, 2.45) is 5.92 Å². The summed E-state index contributed by atoms with van der Waals surface area (Å²) in [5, 5.41) is 11.0. The molecule has 0 radical (unpaired) electrons. The summed E-state index contributed by atoms with van der Waals surface area (Å²) in [6.07, 6.45) is -0.0985. The number of rotatable bonds is 5. The number of carboxylic acid groups (broad SMARTS) is 1. The van der Waals surface area contributed by atoms with E-state index in [2.05, 4.69) is 36.3 Å². The van der Waals surface area contributed by atoms with Crippen molar-refractivity contribution in [2.75, 3.05) is 19.7 Å². The topological polar surface area (TPSA) is 49.8 Å². The van der Waals surface area contributed by atoms with Gasteiger partial charge in [-0.15, -0.1) is 11.3 Å². The van der Waals surface area contributed by atoms with Crippen LogP contribution in [0.5, 0.6) is 0 Å². The fourth-order valence-corrected chi connectivity index (χ4v) is 3.73. The van der Waals surface area contributed by atoms with Gasteiger partial charge in [0, 0.05) is 24.0 Å². The predicted octanol–water partition coefficient (Wildman–Crippen LogP) is 2.62. The van der Waals surface area contributed by atoms with Gasteiger partial charge in [0.2, 0.25) is 0 Å². The van der Waals surface area contributed by atoms with E-state index in [-0.39, 0.29) is 12.5 Å². The van der Waals surface area contributed by atoms with Crippen molar-refractivity contribution in [3.05, 3.63) is 22.4 Å². The number of aliphatic carboxylic acids is 1. The molecule has 19 heavy (non-hydrogen) atoms. The molecule has 1 aromatic rings. The van der Waals surface area contributed by atoms with Gasteiger partial charge in [-0.3, -0.25) is 9.69 Å². The molecule has 1 aliphatic rings. The van der Waals surface area contributed by atoms with E-state index in [1.54, 1.807) is 11.3 Å². The Labute approximate surface area is 118 Å². The molecule has 2 atom stereocenters. The molecule has 1 saturated heterocycles. The first-order chi connectivity index (χ1) is 9.08. The molecule has 0 spiro atoms. The number of thiophene rings is 1. The maximum absolute atomic E-state index is 10.8. The van der Waals surface area contributed by atoms with Crippen LogP contribution >= 0.6 is 11.3 Å². The lowest BCUT2D eigenvalue weighted by Crippen LogP contribution is -2.46. The summed E-state index contributed by atoms with van der Waals surface area (Å²) in [5.74, 6) is -0.286. The fraction of sp³-hybridized carbons (Fsp3) is 0.643. The molecule has 1 N–H and O–H groups in total. The number of hydrogen-bond acceptors (Lipinski definition) is 4. The molecule has 1 aromatic heterocycles. The minimum atomic E-state index is -0.788. The lowest BCUT2D eigenvalue weighted by atomic mass is 9.99. The van der Waals surface area contributed by atoms with Crippen LogP contribution in [0.4, 0.5) is 0 Å². The molecule has 5 heteroatoms. The van der Waals surface area contributed by atoms with Crippen LogP contribution in [0.1, 0.15) is 31.2 Å². The lowest BCUT2D eigenvalue weighted by molar-refractivity contribution is -0.142. The van der Waals surface area contributed by atoms with Crippen LogP contribution in [-0.4, -0.2) is 41.8 Å². The van der Waals surface area contributed by atoms with Crippen molar-refractivity contribution < 1.29 is 14.6 Å². The summed E-state index contributed by atoms with van der Waals surface area (Å²) >= 11 is 1.77. The Hall–Kier alpha value is -0.910. The van der Waals surface area contributed by atoms with Gasteiger partial charge in [-0.1, -0.05) is 19.9 Å². The molecule has 2 heterocycles. The molecule has 0 aliphatic carbocycles. The zero-order chi connectivity index (χ0) is 13.8. The van der Waals surface area contributed by atoms with Gasteiger partial charge in [-0.05, 0) is 17.4 Å². The molecule has 2 unspecified atom stereocenters. The van der Waals surface area contributed by atoms with Crippen molar-refractivity contribution in [3.63, 3.8) is 0 Å². The maximum Gasteiger partial charge on any atom is 0.306 e. The average Bonchev–Trinajstić information content (AvgIpc) is 2.82. The third-order valence-electron chi connectivity index (χ3n) is 3.43. The van der Waals surface area contributed by atoms with Crippen molar-refractivity contribution in [2.45, 2.75) is 32.4 Å². The first-order valence-electron chi connectivity index (χ1n) is 6.68. The van der Waals surface area contributed by atoms with Crippen LogP contribution in [0.3, 0.4) is 0 Å². The highest BCUT2D eigenvalue weighted by atomic mass is 32.1. The van der Waals surface area contributed by atoms with Crippen molar-refractivity contribution in [1.82, 2.24) is 4.90 Å². The second-order valence-corrected chi connectivity index (χ2v) is 6.27. The summed E-state index contributed by atoms with van der Waals surface area (Å²) in [7, 11) is 0. The smallest absolute Gasteiger partial charge is 0.306 e. The van der Waals surface area contributed by atoms with Gasteiger partial charge in [0.1, 0.15) is 0 Å². The first-order valence-corrected chi connectivity index (χ1v) is 7.56. The first kappa shape index (κ1) is 14.5. The summed E-state index contributed by atoms with van der Waals surface area (Å²) < 4.78 is 5.55. The fourth-order valence-electron chi connectivity index (χ4n) is 2.70. The Balaban J connectivity index is 2.07. The van der Waals surface area contributed by atoms with Crippen molar-refractivity contribution in [3.8, 4) is 0 Å². The van der Waals surface area contributed by atoms with Crippen LogP contribution < -0.4 is 0 Å². The van der Waals surface area contributed by atoms with Crippen LogP contribution in [0.25, 0.3) is 0 Å². The molecule has 1 fully saturated rings.